The Labute approximate surface area is 150 Å². The maximum atomic E-state index is 12.5. The zero-order valence-corrected chi connectivity index (χ0v) is 14.6. The van der Waals surface area contributed by atoms with Crippen LogP contribution in [0.2, 0.25) is 0 Å². The number of anilines is 1. The number of hydrogen-bond acceptors (Lipinski definition) is 5. The van der Waals surface area contributed by atoms with Crippen LogP contribution in [0.4, 0.5) is 23.0 Å². The van der Waals surface area contributed by atoms with Gasteiger partial charge in [0.2, 0.25) is 5.88 Å². The smallest absolute Gasteiger partial charge is 0.416 e. The van der Waals surface area contributed by atoms with Gasteiger partial charge in [-0.3, -0.25) is 10.1 Å². The number of nitrogens with one attached hydrogen (secondary N) is 1. The molecule has 2 rings (SSSR count). The van der Waals surface area contributed by atoms with E-state index < -0.39 is 23.7 Å². The minimum atomic E-state index is -4.42. The molecule has 3 amide bonds. The van der Waals surface area contributed by atoms with Gasteiger partial charge in [-0.05, 0) is 29.2 Å². The first kappa shape index (κ1) is 19.5. The molecule has 140 valence electrons. The number of rotatable bonds is 5. The van der Waals surface area contributed by atoms with Crippen LogP contribution in [-0.2, 0) is 12.8 Å². The average Bonchev–Trinajstić information content (AvgIpc) is 2.95. The van der Waals surface area contributed by atoms with Gasteiger partial charge in [-0.25, -0.2) is 4.79 Å². The summed E-state index contributed by atoms with van der Waals surface area (Å²) in [5, 5.41) is 2.59. The number of nitrogens with zero attached hydrogens (tertiary/aromatic N) is 2. The van der Waals surface area contributed by atoms with Crippen LogP contribution in [0.1, 0.15) is 21.5 Å². The summed E-state index contributed by atoms with van der Waals surface area (Å²) in [6, 6.07) is 3.89. The standard InChI is InChI=1S/C15H15F3N4O3S/c1-22(2)14(24)20-13-10(11(19)23)12(21-26-13)25-7-8-3-5-9(6-4-8)15(16,17)18/h3-6H,7H2,1-2H3,(H2,19,23)(H,20,24). The lowest BCUT2D eigenvalue weighted by Gasteiger charge is -2.11. The molecule has 0 spiro atoms. The number of nitrogens with two attached hydrogens (primary N) is 1. The van der Waals surface area contributed by atoms with Crippen LogP contribution in [0.3, 0.4) is 0 Å². The number of carbonyl (C=O) groups excluding carboxylic acids is 2. The number of ether oxygens (including phenoxy) is 1. The Hall–Kier alpha value is -2.82. The van der Waals surface area contributed by atoms with Crippen molar-refractivity contribution >= 4 is 28.5 Å². The van der Waals surface area contributed by atoms with E-state index in [0.717, 1.165) is 23.7 Å². The number of halogens is 3. The molecule has 0 fully saturated rings. The minimum absolute atomic E-state index is 0.0999. The molecule has 0 aliphatic carbocycles. The van der Waals surface area contributed by atoms with Crippen LogP contribution in [0.5, 0.6) is 5.88 Å². The van der Waals surface area contributed by atoms with E-state index in [2.05, 4.69) is 9.69 Å². The number of urea groups is 1. The van der Waals surface area contributed by atoms with E-state index in [9.17, 15) is 22.8 Å². The van der Waals surface area contributed by atoms with Gasteiger partial charge in [-0.2, -0.15) is 17.5 Å². The lowest BCUT2D eigenvalue weighted by atomic mass is 10.1. The molecule has 1 heterocycles. The Kier molecular flexibility index (Phi) is 5.70. The molecule has 1 aromatic carbocycles. The predicted octanol–water partition coefficient (Wildman–Crippen LogP) is 2.93. The molecule has 0 radical (unpaired) electrons. The molecule has 0 atom stereocenters. The van der Waals surface area contributed by atoms with Gasteiger partial charge in [0.25, 0.3) is 5.91 Å². The third-order valence-corrected chi connectivity index (χ3v) is 3.94. The van der Waals surface area contributed by atoms with Gasteiger partial charge < -0.3 is 15.4 Å². The van der Waals surface area contributed by atoms with Crippen LogP contribution < -0.4 is 15.8 Å². The molecule has 0 saturated heterocycles. The van der Waals surface area contributed by atoms with E-state index in [1.165, 1.54) is 31.1 Å². The van der Waals surface area contributed by atoms with Gasteiger partial charge in [0.15, 0.2) is 0 Å². The quantitative estimate of drug-likeness (QED) is 0.823. The van der Waals surface area contributed by atoms with Crippen molar-refractivity contribution in [1.29, 1.82) is 0 Å². The molecule has 0 bridgehead atoms. The van der Waals surface area contributed by atoms with Crippen molar-refractivity contribution in [2.75, 3.05) is 19.4 Å². The summed E-state index contributed by atoms with van der Waals surface area (Å²) in [5.41, 5.74) is 4.87. The maximum Gasteiger partial charge on any atom is 0.416 e. The van der Waals surface area contributed by atoms with E-state index in [0.29, 0.717) is 5.56 Å². The number of hydrogen-bond donors (Lipinski definition) is 2. The van der Waals surface area contributed by atoms with Crippen molar-refractivity contribution in [3.63, 3.8) is 0 Å². The van der Waals surface area contributed by atoms with E-state index in [1.807, 2.05) is 0 Å². The zero-order chi connectivity index (χ0) is 19.5. The highest BCUT2D eigenvalue weighted by atomic mass is 32.1. The van der Waals surface area contributed by atoms with Gasteiger partial charge in [0.05, 0.1) is 5.56 Å². The van der Waals surface area contributed by atoms with Crippen molar-refractivity contribution in [2.45, 2.75) is 12.8 Å². The van der Waals surface area contributed by atoms with Crippen LogP contribution >= 0.6 is 11.5 Å². The second-order valence-corrected chi connectivity index (χ2v) is 6.14. The fourth-order valence-electron chi connectivity index (χ4n) is 1.83. The van der Waals surface area contributed by atoms with Gasteiger partial charge in [-0.15, -0.1) is 0 Å². The zero-order valence-electron chi connectivity index (χ0n) is 13.8. The van der Waals surface area contributed by atoms with Crippen LogP contribution in [0, 0.1) is 0 Å². The molecule has 11 heteroatoms. The van der Waals surface area contributed by atoms with Crippen molar-refractivity contribution in [2.24, 2.45) is 5.73 Å². The first-order valence-electron chi connectivity index (χ1n) is 7.16. The normalized spacial score (nSPS) is 11.1. The van der Waals surface area contributed by atoms with E-state index >= 15 is 0 Å². The number of primary amides is 1. The lowest BCUT2D eigenvalue weighted by Crippen LogP contribution is -2.28. The van der Waals surface area contributed by atoms with Gasteiger partial charge in [-0.1, -0.05) is 12.1 Å². The third kappa shape index (κ3) is 4.63. The second kappa shape index (κ2) is 7.60. The van der Waals surface area contributed by atoms with Crippen molar-refractivity contribution < 1.29 is 27.5 Å². The molecule has 2 aromatic rings. The highest BCUT2D eigenvalue weighted by Crippen LogP contribution is 2.32. The fourth-order valence-corrected chi connectivity index (χ4v) is 2.56. The Morgan fingerprint density at radius 2 is 1.88 bits per heavy atom. The predicted molar refractivity (Wildman–Crippen MR) is 89.1 cm³/mol. The lowest BCUT2D eigenvalue weighted by molar-refractivity contribution is -0.137. The Morgan fingerprint density at radius 1 is 1.27 bits per heavy atom. The summed E-state index contributed by atoms with van der Waals surface area (Å²) < 4.78 is 47.0. The van der Waals surface area contributed by atoms with Gasteiger partial charge in [0, 0.05) is 14.1 Å². The highest BCUT2D eigenvalue weighted by Gasteiger charge is 2.30. The number of aromatic nitrogens is 1. The number of alkyl halides is 3. The van der Waals surface area contributed by atoms with Crippen molar-refractivity contribution in [3.8, 4) is 5.88 Å². The minimum Gasteiger partial charge on any atom is -0.472 e. The highest BCUT2D eigenvalue weighted by molar-refractivity contribution is 7.11. The molecular weight excluding hydrogens is 373 g/mol. The van der Waals surface area contributed by atoms with Crippen LogP contribution in [-0.4, -0.2) is 35.3 Å². The monoisotopic (exact) mass is 388 g/mol. The largest absolute Gasteiger partial charge is 0.472 e. The first-order valence-corrected chi connectivity index (χ1v) is 7.93. The molecular formula is C15H15F3N4O3S. The summed E-state index contributed by atoms with van der Waals surface area (Å²) >= 11 is 0.808. The Morgan fingerprint density at radius 3 is 2.38 bits per heavy atom. The molecule has 7 nitrogen and oxygen atoms in total. The molecule has 0 aliphatic rings. The first-order chi connectivity index (χ1) is 12.1. The Balaban J connectivity index is 2.13. The van der Waals surface area contributed by atoms with Gasteiger partial charge in [0.1, 0.15) is 17.2 Å². The number of benzene rings is 1. The number of carbonyl (C=O) groups is 2. The Bertz CT molecular complexity index is 803. The SMILES string of the molecule is CN(C)C(=O)Nc1snc(OCc2ccc(C(F)(F)F)cc2)c1C(N)=O. The summed E-state index contributed by atoms with van der Waals surface area (Å²) in [7, 11) is 3.03. The van der Waals surface area contributed by atoms with Crippen LogP contribution in [0.15, 0.2) is 24.3 Å². The van der Waals surface area contributed by atoms with E-state index in [-0.39, 0.29) is 23.1 Å². The molecule has 1 aromatic heterocycles. The summed E-state index contributed by atoms with van der Waals surface area (Å²) in [6.45, 7) is -0.122. The van der Waals surface area contributed by atoms with E-state index in [4.69, 9.17) is 10.5 Å². The summed E-state index contributed by atoms with van der Waals surface area (Å²) in [6.07, 6.45) is -4.42. The van der Waals surface area contributed by atoms with Crippen molar-refractivity contribution in [1.82, 2.24) is 9.27 Å². The maximum absolute atomic E-state index is 12.5. The topological polar surface area (TPSA) is 97.6 Å². The van der Waals surface area contributed by atoms with Crippen LogP contribution in [0.25, 0.3) is 0 Å². The molecule has 0 unspecified atom stereocenters. The molecule has 0 aliphatic heterocycles. The summed E-state index contributed by atoms with van der Waals surface area (Å²) in [4.78, 5) is 24.6. The molecule has 26 heavy (non-hydrogen) atoms. The van der Waals surface area contributed by atoms with E-state index in [1.54, 1.807) is 0 Å². The third-order valence-electron chi connectivity index (χ3n) is 3.19. The number of amides is 3. The summed E-state index contributed by atoms with van der Waals surface area (Å²) in [5.74, 6) is -0.952. The molecule has 0 saturated carbocycles. The second-order valence-electron chi connectivity index (χ2n) is 5.36. The fraction of sp³-hybridized carbons (Fsp3) is 0.267. The van der Waals surface area contributed by atoms with Gasteiger partial charge >= 0.3 is 12.2 Å². The molecule has 3 N–H and O–H groups in total. The van der Waals surface area contributed by atoms with Crippen molar-refractivity contribution in [3.05, 3.63) is 41.0 Å². The average molecular weight is 388 g/mol.